The summed E-state index contributed by atoms with van der Waals surface area (Å²) in [6, 6.07) is 18.2. The molecule has 2 amide bonds. The van der Waals surface area contributed by atoms with Gasteiger partial charge >= 0.3 is 5.97 Å². The Morgan fingerprint density at radius 2 is 1.55 bits per heavy atom. The second kappa shape index (κ2) is 9.10. The van der Waals surface area contributed by atoms with Gasteiger partial charge in [-0.1, -0.05) is 40.9 Å². The zero-order valence-electron chi connectivity index (χ0n) is 17.7. The van der Waals surface area contributed by atoms with Crippen molar-refractivity contribution in [2.75, 3.05) is 10.2 Å². The standard InChI is InChI=1S/C25H18Cl2N2O4/c1-14-3-9-18(10-4-14)29-23(30)21(27)22(24(29)31)28-17-7-5-16(6-8-17)25(32)33-19-11-12-20(26)15(2)13-19/h3-13,28H,1-2H3. The first-order valence-corrected chi connectivity index (χ1v) is 10.7. The number of hydrogen-bond acceptors (Lipinski definition) is 5. The predicted molar refractivity (Wildman–Crippen MR) is 128 cm³/mol. The molecule has 0 radical (unpaired) electrons. The summed E-state index contributed by atoms with van der Waals surface area (Å²) in [6.07, 6.45) is 0. The summed E-state index contributed by atoms with van der Waals surface area (Å²) in [5.74, 6) is -1.33. The zero-order chi connectivity index (χ0) is 23.7. The minimum Gasteiger partial charge on any atom is -0.423 e. The van der Waals surface area contributed by atoms with Crippen molar-refractivity contribution >= 4 is 52.4 Å². The van der Waals surface area contributed by atoms with E-state index in [1.807, 2.05) is 13.8 Å². The fourth-order valence-corrected chi connectivity index (χ4v) is 3.55. The molecule has 1 heterocycles. The number of esters is 1. The van der Waals surface area contributed by atoms with Gasteiger partial charge in [-0.15, -0.1) is 0 Å². The SMILES string of the molecule is Cc1ccc(N2C(=O)C(Cl)=C(Nc3ccc(C(=O)Oc4ccc(Cl)c(C)c4)cc3)C2=O)cc1. The van der Waals surface area contributed by atoms with Crippen LogP contribution in [0, 0.1) is 13.8 Å². The highest BCUT2D eigenvalue weighted by atomic mass is 35.5. The second-order valence-corrected chi connectivity index (χ2v) is 8.26. The van der Waals surface area contributed by atoms with Crippen molar-refractivity contribution in [3.63, 3.8) is 0 Å². The maximum Gasteiger partial charge on any atom is 0.343 e. The molecule has 0 aromatic heterocycles. The third-order valence-corrected chi connectivity index (χ3v) is 5.82. The number of benzene rings is 3. The molecule has 166 valence electrons. The van der Waals surface area contributed by atoms with Gasteiger partial charge in [-0.05, 0) is 74.0 Å². The van der Waals surface area contributed by atoms with Crippen LogP contribution in [-0.2, 0) is 9.59 Å². The van der Waals surface area contributed by atoms with Gasteiger partial charge in [-0.2, -0.15) is 0 Å². The van der Waals surface area contributed by atoms with Gasteiger partial charge in [-0.3, -0.25) is 9.59 Å². The quantitative estimate of drug-likeness (QED) is 0.291. The summed E-state index contributed by atoms with van der Waals surface area (Å²) in [5.41, 5.74) is 2.98. The van der Waals surface area contributed by atoms with E-state index in [1.165, 1.54) is 0 Å². The topological polar surface area (TPSA) is 75.7 Å². The number of rotatable bonds is 5. The molecular formula is C25H18Cl2N2O4. The summed E-state index contributed by atoms with van der Waals surface area (Å²) in [6.45, 7) is 3.72. The van der Waals surface area contributed by atoms with Gasteiger partial charge in [0, 0.05) is 10.7 Å². The van der Waals surface area contributed by atoms with Crippen LogP contribution >= 0.6 is 23.2 Å². The molecular weight excluding hydrogens is 463 g/mol. The first kappa shape index (κ1) is 22.6. The summed E-state index contributed by atoms with van der Waals surface area (Å²) in [5, 5.41) is 3.26. The van der Waals surface area contributed by atoms with Crippen LogP contribution in [0.15, 0.2) is 77.5 Å². The molecule has 3 aromatic rings. The maximum atomic E-state index is 12.9. The number of carbonyl (C=O) groups excluding carboxylic acids is 3. The minimum absolute atomic E-state index is 0.0331. The van der Waals surface area contributed by atoms with Crippen molar-refractivity contribution in [3.05, 3.63) is 99.2 Å². The average molecular weight is 481 g/mol. The van der Waals surface area contributed by atoms with Crippen molar-refractivity contribution < 1.29 is 19.1 Å². The molecule has 33 heavy (non-hydrogen) atoms. The van der Waals surface area contributed by atoms with Crippen LogP contribution in [0.2, 0.25) is 5.02 Å². The van der Waals surface area contributed by atoms with Crippen LogP contribution in [0.4, 0.5) is 11.4 Å². The second-order valence-electron chi connectivity index (χ2n) is 7.47. The van der Waals surface area contributed by atoms with Gasteiger partial charge in [0.05, 0.1) is 11.3 Å². The first-order valence-electron chi connectivity index (χ1n) is 9.95. The lowest BCUT2D eigenvalue weighted by Gasteiger charge is -2.15. The van der Waals surface area contributed by atoms with Gasteiger partial charge in [0.1, 0.15) is 16.5 Å². The molecule has 4 rings (SSSR count). The van der Waals surface area contributed by atoms with E-state index in [-0.39, 0.29) is 10.7 Å². The smallest absolute Gasteiger partial charge is 0.343 e. The van der Waals surface area contributed by atoms with Gasteiger partial charge < -0.3 is 10.1 Å². The van der Waals surface area contributed by atoms with Crippen LogP contribution in [0.3, 0.4) is 0 Å². The molecule has 0 aliphatic carbocycles. The van der Waals surface area contributed by atoms with Crippen molar-refractivity contribution in [3.8, 4) is 5.75 Å². The lowest BCUT2D eigenvalue weighted by atomic mass is 10.2. The third-order valence-electron chi connectivity index (χ3n) is 5.05. The number of halogens is 2. The Hall–Kier alpha value is -3.61. The van der Waals surface area contributed by atoms with Gasteiger partial charge in [0.2, 0.25) is 0 Å². The van der Waals surface area contributed by atoms with E-state index in [0.29, 0.717) is 27.7 Å². The number of imide groups is 1. The van der Waals surface area contributed by atoms with Crippen LogP contribution in [0.1, 0.15) is 21.5 Å². The summed E-state index contributed by atoms with van der Waals surface area (Å²) >= 11 is 12.2. The molecule has 6 nitrogen and oxygen atoms in total. The Balaban J connectivity index is 1.47. The molecule has 0 bridgehead atoms. The van der Waals surface area contributed by atoms with E-state index >= 15 is 0 Å². The van der Waals surface area contributed by atoms with E-state index < -0.39 is 17.8 Å². The van der Waals surface area contributed by atoms with E-state index in [9.17, 15) is 14.4 Å². The summed E-state index contributed by atoms with van der Waals surface area (Å²) in [4.78, 5) is 38.9. The Morgan fingerprint density at radius 3 is 2.18 bits per heavy atom. The monoisotopic (exact) mass is 480 g/mol. The average Bonchev–Trinajstić information content (AvgIpc) is 3.00. The number of hydrogen-bond donors (Lipinski definition) is 1. The molecule has 0 atom stereocenters. The van der Waals surface area contributed by atoms with Crippen LogP contribution in [0.25, 0.3) is 0 Å². The third kappa shape index (κ3) is 4.62. The van der Waals surface area contributed by atoms with Gasteiger partial charge in [0.15, 0.2) is 0 Å². The number of nitrogens with zero attached hydrogens (tertiary/aromatic N) is 1. The van der Waals surface area contributed by atoms with E-state index in [1.54, 1.807) is 66.7 Å². The summed E-state index contributed by atoms with van der Waals surface area (Å²) in [7, 11) is 0. The van der Waals surface area contributed by atoms with Gasteiger partial charge in [-0.25, -0.2) is 9.69 Å². The van der Waals surface area contributed by atoms with Crippen molar-refractivity contribution in [1.29, 1.82) is 0 Å². The van der Waals surface area contributed by atoms with Crippen LogP contribution < -0.4 is 15.0 Å². The number of nitrogens with one attached hydrogen (secondary N) is 1. The molecule has 0 saturated heterocycles. The summed E-state index contributed by atoms with van der Waals surface area (Å²) < 4.78 is 5.38. The fourth-order valence-electron chi connectivity index (χ4n) is 3.22. The van der Waals surface area contributed by atoms with Gasteiger partial charge in [0.25, 0.3) is 11.8 Å². The highest BCUT2D eigenvalue weighted by Crippen LogP contribution is 2.30. The molecule has 0 fully saturated rings. The molecule has 0 unspecified atom stereocenters. The lowest BCUT2D eigenvalue weighted by molar-refractivity contribution is -0.120. The molecule has 0 spiro atoms. The molecule has 8 heteroatoms. The maximum absolute atomic E-state index is 12.9. The highest BCUT2D eigenvalue weighted by Gasteiger charge is 2.38. The van der Waals surface area contributed by atoms with Crippen molar-refractivity contribution in [2.24, 2.45) is 0 Å². The Labute approximate surface area is 200 Å². The number of carbonyl (C=O) groups is 3. The number of ether oxygens (including phenoxy) is 1. The predicted octanol–water partition coefficient (Wildman–Crippen LogP) is 5.61. The van der Waals surface area contributed by atoms with Crippen molar-refractivity contribution in [2.45, 2.75) is 13.8 Å². The van der Waals surface area contributed by atoms with E-state index in [2.05, 4.69) is 5.32 Å². The molecule has 3 aromatic carbocycles. The van der Waals surface area contributed by atoms with Crippen LogP contribution in [0.5, 0.6) is 5.75 Å². The lowest BCUT2D eigenvalue weighted by Crippen LogP contribution is -2.32. The first-order chi connectivity index (χ1) is 15.7. The van der Waals surface area contributed by atoms with Crippen molar-refractivity contribution in [1.82, 2.24) is 0 Å². The number of amides is 2. The van der Waals surface area contributed by atoms with E-state index in [0.717, 1.165) is 16.0 Å². The molecule has 1 N–H and O–H groups in total. The zero-order valence-corrected chi connectivity index (χ0v) is 19.2. The fraction of sp³-hybridized carbons (Fsp3) is 0.0800. The largest absolute Gasteiger partial charge is 0.423 e. The molecule has 1 aliphatic heterocycles. The Morgan fingerprint density at radius 1 is 0.879 bits per heavy atom. The highest BCUT2D eigenvalue weighted by molar-refractivity contribution is 6.53. The Bertz CT molecular complexity index is 1300. The minimum atomic E-state index is -0.605. The van der Waals surface area contributed by atoms with Crippen LogP contribution in [-0.4, -0.2) is 17.8 Å². The molecule has 0 saturated carbocycles. The molecule has 1 aliphatic rings. The number of anilines is 2. The number of aryl methyl sites for hydroxylation is 2. The normalized spacial score (nSPS) is 13.5. The Kier molecular flexibility index (Phi) is 6.22. The van der Waals surface area contributed by atoms with E-state index in [4.69, 9.17) is 27.9 Å².